The van der Waals surface area contributed by atoms with E-state index in [2.05, 4.69) is 27.7 Å². The van der Waals surface area contributed by atoms with E-state index in [1.807, 2.05) is 51.2 Å². The molecule has 0 spiro atoms. The highest BCUT2D eigenvalue weighted by molar-refractivity contribution is 5.78. The Morgan fingerprint density at radius 2 is 1.92 bits per heavy atom. The van der Waals surface area contributed by atoms with E-state index in [9.17, 15) is 4.79 Å². The van der Waals surface area contributed by atoms with Gasteiger partial charge in [0.2, 0.25) is 11.8 Å². The monoisotopic (exact) mass is 330 g/mol. The predicted octanol–water partition coefficient (Wildman–Crippen LogP) is 2.28. The standard InChI is InChI=1S/C18H26N4O2/c1-12(2)17(18-20-15(22-24-18)10-13(3)19-4)21-16(23)11-14-8-6-5-7-9-14/h5-9,12-13,17,19H,10-11H2,1-4H3,(H,21,23). The molecule has 6 heteroatoms. The highest BCUT2D eigenvalue weighted by Gasteiger charge is 2.24. The van der Waals surface area contributed by atoms with Crippen LogP contribution in [0.3, 0.4) is 0 Å². The van der Waals surface area contributed by atoms with Gasteiger partial charge in [-0.25, -0.2) is 0 Å². The van der Waals surface area contributed by atoms with Crippen molar-refractivity contribution >= 4 is 5.91 Å². The van der Waals surface area contributed by atoms with E-state index in [0.29, 0.717) is 24.6 Å². The van der Waals surface area contributed by atoms with E-state index in [-0.39, 0.29) is 23.9 Å². The van der Waals surface area contributed by atoms with Gasteiger partial charge in [0, 0.05) is 12.5 Å². The second-order valence-electron chi connectivity index (χ2n) is 6.39. The first-order chi connectivity index (χ1) is 11.5. The fraction of sp³-hybridized carbons (Fsp3) is 0.500. The van der Waals surface area contributed by atoms with Crippen LogP contribution in [0.25, 0.3) is 0 Å². The zero-order chi connectivity index (χ0) is 17.5. The summed E-state index contributed by atoms with van der Waals surface area (Å²) in [4.78, 5) is 16.8. The van der Waals surface area contributed by atoms with Crippen molar-refractivity contribution in [3.63, 3.8) is 0 Å². The summed E-state index contributed by atoms with van der Waals surface area (Å²) in [6.45, 7) is 6.10. The summed E-state index contributed by atoms with van der Waals surface area (Å²) >= 11 is 0. The maximum Gasteiger partial charge on any atom is 0.249 e. The van der Waals surface area contributed by atoms with E-state index in [1.54, 1.807) is 0 Å². The maximum atomic E-state index is 12.3. The largest absolute Gasteiger partial charge is 0.344 e. The van der Waals surface area contributed by atoms with E-state index < -0.39 is 0 Å². The Kier molecular flexibility index (Phi) is 6.49. The smallest absolute Gasteiger partial charge is 0.249 e. The summed E-state index contributed by atoms with van der Waals surface area (Å²) in [6.07, 6.45) is 1.02. The number of likely N-dealkylation sites (N-methyl/N-ethyl adjacent to an activating group) is 1. The van der Waals surface area contributed by atoms with Crippen molar-refractivity contribution in [3.05, 3.63) is 47.6 Å². The molecule has 2 atom stereocenters. The van der Waals surface area contributed by atoms with Crippen molar-refractivity contribution in [1.82, 2.24) is 20.8 Å². The average Bonchev–Trinajstić information content (AvgIpc) is 3.01. The van der Waals surface area contributed by atoms with Crippen molar-refractivity contribution in [1.29, 1.82) is 0 Å². The van der Waals surface area contributed by atoms with Crippen LogP contribution in [0.4, 0.5) is 0 Å². The molecule has 6 nitrogen and oxygen atoms in total. The van der Waals surface area contributed by atoms with Crippen LogP contribution in [0.1, 0.15) is 44.1 Å². The number of carbonyl (C=O) groups excluding carboxylic acids is 1. The molecule has 0 aliphatic rings. The number of aromatic nitrogens is 2. The Bertz CT molecular complexity index is 639. The first-order valence-electron chi connectivity index (χ1n) is 8.32. The van der Waals surface area contributed by atoms with Gasteiger partial charge in [0.05, 0.1) is 6.42 Å². The number of amides is 1. The van der Waals surface area contributed by atoms with Gasteiger partial charge < -0.3 is 15.2 Å². The van der Waals surface area contributed by atoms with Crippen LogP contribution in [0.15, 0.2) is 34.9 Å². The Morgan fingerprint density at radius 3 is 2.54 bits per heavy atom. The van der Waals surface area contributed by atoms with Crippen molar-refractivity contribution < 1.29 is 9.32 Å². The van der Waals surface area contributed by atoms with Crippen LogP contribution >= 0.6 is 0 Å². The van der Waals surface area contributed by atoms with Crippen LogP contribution in [0, 0.1) is 5.92 Å². The maximum absolute atomic E-state index is 12.3. The number of carbonyl (C=O) groups is 1. The minimum Gasteiger partial charge on any atom is -0.344 e. The van der Waals surface area contributed by atoms with Gasteiger partial charge in [0.1, 0.15) is 6.04 Å². The third-order valence-electron chi connectivity index (χ3n) is 3.92. The lowest BCUT2D eigenvalue weighted by atomic mass is 10.0. The van der Waals surface area contributed by atoms with Crippen molar-refractivity contribution in [2.75, 3.05) is 7.05 Å². The van der Waals surface area contributed by atoms with Crippen LogP contribution in [-0.2, 0) is 17.6 Å². The van der Waals surface area contributed by atoms with Crippen LogP contribution in [0.2, 0.25) is 0 Å². The van der Waals surface area contributed by atoms with Gasteiger partial charge in [-0.2, -0.15) is 4.98 Å². The zero-order valence-electron chi connectivity index (χ0n) is 14.7. The molecule has 0 saturated heterocycles. The topological polar surface area (TPSA) is 80.0 Å². The number of nitrogens with one attached hydrogen (secondary N) is 2. The summed E-state index contributed by atoms with van der Waals surface area (Å²) in [5.41, 5.74) is 0.978. The fourth-order valence-electron chi connectivity index (χ4n) is 2.37. The van der Waals surface area contributed by atoms with Crippen molar-refractivity contribution in [2.45, 2.75) is 45.7 Å². The van der Waals surface area contributed by atoms with E-state index in [0.717, 1.165) is 5.56 Å². The molecule has 1 amide bonds. The van der Waals surface area contributed by atoms with Gasteiger partial charge >= 0.3 is 0 Å². The van der Waals surface area contributed by atoms with Crippen LogP contribution < -0.4 is 10.6 Å². The molecule has 0 aliphatic heterocycles. The lowest BCUT2D eigenvalue weighted by molar-refractivity contribution is -0.121. The summed E-state index contributed by atoms with van der Waals surface area (Å²) in [6, 6.07) is 9.64. The lowest BCUT2D eigenvalue weighted by Gasteiger charge is -2.18. The number of benzene rings is 1. The number of rotatable bonds is 8. The molecule has 0 bridgehead atoms. The average molecular weight is 330 g/mol. The molecule has 0 saturated carbocycles. The quantitative estimate of drug-likeness (QED) is 0.776. The fourth-order valence-corrected chi connectivity index (χ4v) is 2.37. The summed E-state index contributed by atoms with van der Waals surface area (Å²) in [5, 5.41) is 10.2. The molecule has 130 valence electrons. The summed E-state index contributed by atoms with van der Waals surface area (Å²) in [5.74, 6) is 1.21. The van der Waals surface area contributed by atoms with Gasteiger partial charge in [-0.1, -0.05) is 49.3 Å². The van der Waals surface area contributed by atoms with Gasteiger partial charge in [-0.15, -0.1) is 0 Å². The van der Waals surface area contributed by atoms with E-state index in [1.165, 1.54) is 0 Å². The Hall–Kier alpha value is -2.21. The molecule has 2 rings (SSSR count). The van der Waals surface area contributed by atoms with E-state index in [4.69, 9.17) is 4.52 Å². The second-order valence-corrected chi connectivity index (χ2v) is 6.39. The highest BCUT2D eigenvalue weighted by atomic mass is 16.5. The van der Waals surface area contributed by atoms with Gasteiger partial charge in [0.25, 0.3) is 0 Å². The zero-order valence-corrected chi connectivity index (χ0v) is 14.7. The first-order valence-corrected chi connectivity index (χ1v) is 8.32. The van der Waals surface area contributed by atoms with Crippen LogP contribution in [0.5, 0.6) is 0 Å². The predicted molar refractivity (Wildman–Crippen MR) is 92.4 cm³/mol. The number of hydrogen-bond donors (Lipinski definition) is 2. The number of hydrogen-bond acceptors (Lipinski definition) is 5. The SMILES string of the molecule is CNC(C)Cc1noc(C(NC(=O)Cc2ccccc2)C(C)C)n1. The number of nitrogens with zero attached hydrogens (tertiary/aromatic N) is 2. The molecule has 2 aromatic rings. The molecule has 1 aromatic heterocycles. The molecule has 0 radical (unpaired) electrons. The van der Waals surface area contributed by atoms with Gasteiger partial charge in [0.15, 0.2) is 5.82 Å². The lowest BCUT2D eigenvalue weighted by Crippen LogP contribution is -2.33. The van der Waals surface area contributed by atoms with Gasteiger partial charge in [-0.3, -0.25) is 4.79 Å². The second kappa shape index (κ2) is 8.59. The molecular weight excluding hydrogens is 304 g/mol. The third kappa shape index (κ3) is 5.16. The molecule has 1 heterocycles. The molecule has 24 heavy (non-hydrogen) atoms. The first kappa shape index (κ1) is 18.1. The van der Waals surface area contributed by atoms with Crippen molar-refractivity contribution in [3.8, 4) is 0 Å². The van der Waals surface area contributed by atoms with E-state index >= 15 is 0 Å². The minimum atomic E-state index is -0.285. The molecule has 0 fully saturated rings. The Morgan fingerprint density at radius 1 is 1.21 bits per heavy atom. The molecule has 2 unspecified atom stereocenters. The molecule has 1 aromatic carbocycles. The third-order valence-corrected chi connectivity index (χ3v) is 3.92. The Balaban J connectivity index is 2.02. The Labute approximate surface area is 143 Å². The highest BCUT2D eigenvalue weighted by Crippen LogP contribution is 2.20. The molecule has 0 aliphatic carbocycles. The molecule has 2 N–H and O–H groups in total. The minimum absolute atomic E-state index is 0.0526. The molecular formula is C18H26N4O2. The van der Waals surface area contributed by atoms with Gasteiger partial charge in [-0.05, 0) is 25.5 Å². The normalized spacial score (nSPS) is 13.7. The van der Waals surface area contributed by atoms with Crippen LogP contribution in [-0.4, -0.2) is 29.1 Å². The summed E-state index contributed by atoms with van der Waals surface area (Å²) in [7, 11) is 1.90. The van der Waals surface area contributed by atoms with Crippen molar-refractivity contribution in [2.24, 2.45) is 5.92 Å². The summed E-state index contributed by atoms with van der Waals surface area (Å²) < 4.78 is 5.38.